The molecule has 1 heterocycles. The van der Waals surface area contributed by atoms with Gasteiger partial charge in [0, 0.05) is 50.9 Å². The molecule has 1 aliphatic rings. The molecule has 5 nitrogen and oxygen atoms in total. The molecule has 0 radical (unpaired) electrons. The van der Waals surface area contributed by atoms with Gasteiger partial charge in [-0.15, -0.1) is 0 Å². The molecule has 144 valence electrons. The molecule has 1 N–H and O–H groups in total. The lowest BCUT2D eigenvalue weighted by Gasteiger charge is -2.32. The molecule has 2 amide bonds. The van der Waals surface area contributed by atoms with Crippen LogP contribution >= 0.6 is 0 Å². The molecule has 1 aromatic rings. The fraction of sp³-hybridized carbons (Fsp3) is 0.619. The second-order valence-corrected chi connectivity index (χ2v) is 7.31. The van der Waals surface area contributed by atoms with Gasteiger partial charge in [0.05, 0.1) is 0 Å². The molecule has 0 aliphatic carbocycles. The summed E-state index contributed by atoms with van der Waals surface area (Å²) < 4.78 is 0. The number of carbonyl (C=O) groups is 2. The van der Waals surface area contributed by atoms with E-state index < -0.39 is 0 Å². The third-order valence-corrected chi connectivity index (χ3v) is 5.11. The summed E-state index contributed by atoms with van der Waals surface area (Å²) in [5.74, 6) is 0.864. The van der Waals surface area contributed by atoms with Gasteiger partial charge in [-0.2, -0.15) is 0 Å². The Morgan fingerprint density at radius 2 is 1.85 bits per heavy atom. The number of anilines is 2. The molecule has 0 spiro atoms. The first kappa shape index (κ1) is 20.3. The monoisotopic (exact) mass is 359 g/mol. The number of piperidine rings is 1. The summed E-state index contributed by atoms with van der Waals surface area (Å²) in [6.45, 7) is 9.12. The van der Waals surface area contributed by atoms with E-state index in [4.69, 9.17) is 0 Å². The van der Waals surface area contributed by atoms with Gasteiger partial charge in [0.15, 0.2) is 0 Å². The first-order chi connectivity index (χ1) is 12.5. The number of nitrogens with one attached hydrogen (secondary N) is 1. The summed E-state index contributed by atoms with van der Waals surface area (Å²) in [7, 11) is 0. The summed E-state index contributed by atoms with van der Waals surface area (Å²) in [6, 6.07) is 8.21. The molecule has 0 unspecified atom stereocenters. The predicted molar refractivity (Wildman–Crippen MR) is 108 cm³/mol. The molecule has 1 fully saturated rings. The van der Waals surface area contributed by atoms with Crippen molar-refractivity contribution in [2.75, 3.05) is 36.0 Å². The van der Waals surface area contributed by atoms with Crippen molar-refractivity contribution in [3.05, 3.63) is 24.3 Å². The van der Waals surface area contributed by atoms with Crippen LogP contribution in [-0.2, 0) is 9.59 Å². The summed E-state index contributed by atoms with van der Waals surface area (Å²) in [6.07, 6.45) is 4.94. The van der Waals surface area contributed by atoms with Gasteiger partial charge in [0.1, 0.15) is 0 Å². The first-order valence-corrected chi connectivity index (χ1v) is 9.91. The lowest BCUT2D eigenvalue weighted by atomic mass is 9.99. The van der Waals surface area contributed by atoms with Crippen molar-refractivity contribution in [1.82, 2.24) is 5.32 Å². The van der Waals surface area contributed by atoms with Crippen LogP contribution in [0.5, 0.6) is 0 Å². The van der Waals surface area contributed by atoms with Crippen LogP contribution in [-0.4, -0.2) is 38.0 Å². The van der Waals surface area contributed by atoms with E-state index in [2.05, 4.69) is 36.2 Å². The Morgan fingerprint density at radius 3 is 2.42 bits per heavy atom. The van der Waals surface area contributed by atoms with Gasteiger partial charge in [0.2, 0.25) is 11.8 Å². The zero-order valence-electron chi connectivity index (χ0n) is 16.5. The molecular weight excluding hydrogens is 326 g/mol. The SMILES string of the molecule is CCCCC(=O)NCCN(C(C)=O)c1ccc(N2CCC(C)CC2)cc1. The van der Waals surface area contributed by atoms with Crippen molar-refractivity contribution in [3.8, 4) is 0 Å². The van der Waals surface area contributed by atoms with Crippen molar-refractivity contribution in [2.45, 2.75) is 52.9 Å². The lowest BCUT2D eigenvalue weighted by Crippen LogP contribution is -2.37. The molecule has 0 aromatic heterocycles. The second kappa shape index (κ2) is 10.2. The van der Waals surface area contributed by atoms with E-state index in [1.807, 2.05) is 12.1 Å². The van der Waals surface area contributed by atoms with E-state index in [9.17, 15) is 9.59 Å². The minimum Gasteiger partial charge on any atom is -0.372 e. The summed E-state index contributed by atoms with van der Waals surface area (Å²) in [5.41, 5.74) is 2.10. The normalized spacial score (nSPS) is 15.0. The smallest absolute Gasteiger partial charge is 0.223 e. The number of benzene rings is 1. The fourth-order valence-corrected chi connectivity index (χ4v) is 3.31. The van der Waals surface area contributed by atoms with Crippen molar-refractivity contribution in [3.63, 3.8) is 0 Å². The number of amides is 2. The average molecular weight is 360 g/mol. The van der Waals surface area contributed by atoms with E-state index in [1.54, 1.807) is 11.8 Å². The van der Waals surface area contributed by atoms with Gasteiger partial charge < -0.3 is 15.1 Å². The zero-order valence-corrected chi connectivity index (χ0v) is 16.5. The Balaban J connectivity index is 1.90. The highest BCUT2D eigenvalue weighted by Gasteiger charge is 2.17. The zero-order chi connectivity index (χ0) is 18.9. The molecular formula is C21H33N3O2. The Morgan fingerprint density at radius 1 is 1.19 bits per heavy atom. The van der Waals surface area contributed by atoms with Gasteiger partial charge >= 0.3 is 0 Å². The molecule has 0 saturated carbocycles. The van der Waals surface area contributed by atoms with E-state index >= 15 is 0 Å². The Bertz CT molecular complexity index is 577. The summed E-state index contributed by atoms with van der Waals surface area (Å²) in [4.78, 5) is 27.9. The summed E-state index contributed by atoms with van der Waals surface area (Å²) in [5, 5.41) is 2.90. The van der Waals surface area contributed by atoms with Crippen LogP contribution in [0.3, 0.4) is 0 Å². The van der Waals surface area contributed by atoms with E-state index in [0.29, 0.717) is 19.5 Å². The van der Waals surface area contributed by atoms with Crippen LogP contribution < -0.4 is 15.1 Å². The Hall–Kier alpha value is -2.04. The van der Waals surface area contributed by atoms with Crippen LogP contribution in [0.1, 0.15) is 52.9 Å². The van der Waals surface area contributed by atoms with Gasteiger partial charge in [-0.05, 0) is 49.4 Å². The van der Waals surface area contributed by atoms with Crippen molar-refractivity contribution < 1.29 is 9.59 Å². The number of unbranched alkanes of at least 4 members (excludes halogenated alkanes) is 1. The number of carbonyl (C=O) groups excluding carboxylic acids is 2. The van der Waals surface area contributed by atoms with E-state index in [0.717, 1.165) is 37.5 Å². The fourth-order valence-electron chi connectivity index (χ4n) is 3.31. The minimum atomic E-state index is -0.00708. The minimum absolute atomic E-state index is 0.00708. The number of nitrogens with zero attached hydrogens (tertiary/aromatic N) is 2. The molecule has 0 atom stereocenters. The lowest BCUT2D eigenvalue weighted by molar-refractivity contribution is -0.121. The summed E-state index contributed by atoms with van der Waals surface area (Å²) >= 11 is 0. The van der Waals surface area contributed by atoms with E-state index in [-0.39, 0.29) is 11.8 Å². The predicted octanol–water partition coefficient (Wildman–Crippen LogP) is 3.58. The third kappa shape index (κ3) is 6.04. The maximum atomic E-state index is 12.0. The number of rotatable bonds is 8. The standard InChI is InChI=1S/C21H33N3O2/c1-4-5-6-21(26)22-13-16-24(18(3)25)20-9-7-19(8-10-20)23-14-11-17(2)12-15-23/h7-10,17H,4-6,11-16H2,1-3H3,(H,22,26). The van der Waals surface area contributed by atoms with Crippen molar-refractivity contribution in [2.24, 2.45) is 5.92 Å². The Kier molecular flexibility index (Phi) is 7.95. The van der Waals surface area contributed by atoms with Crippen LogP contribution in [0.25, 0.3) is 0 Å². The molecule has 0 bridgehead atoms. The maximum absolute atomic E-state index is 12.0. The molecule has 26 heavy (non-hydrogen) atoms. The number of hydrogen-bond donors (Lipinski definition) is 1. The number of hydrogen-bond acceptors (Lipinski definition) is 3. The molecule has 5 heteroatoms. The molecule has 2 rings (SSSR count). The molecule has 1 aliphatic heterocycles. The first-order valence-electron chi connectivity index (χ1n) is 9.91. The van der Waals surface area contributed by atoms with Crippen LogP contribution in [0.4, 0.5) is 11.4 Å². The van der Waals surface area contributed by atoms with Crippen LogP contribution in [0.15, 0.2) is 24.3 Å². The van der Waals surface area contributed by atoms with Gasteiger partial charge in [-0.25, -0.2) is 0 Å². The topological polar surface area (TPSA) is 52.7 Å². The van der Waals surface area contributed by atoms with Gasteiger partial charge in [0.25, 0.3) is 0 Å². The van der Waals surface area contributed by atoms with Crippen molar-refractivity contribution in [1.29, 1.82) is 0 Å². The highest BCUT2D eigenvalue weighted by molar-refractivity contribution is 5.91. The largest absolute Gasteiger partial charge is 0.372 e. The van der Waals surface area contributed by atoms with Crippen LogP contribution in [0, 0.1) is 5.92 Å². The molecule has 1 saturated heterocycles. The highest BCUT2D eigenvalue weighted by atomic mass is 16.2. The highest BCUT2D eigenvalue weighted by Crippen LogP contribution is 2.25. The third-order valence-electron chi connectivity index (χ3n) is 5.11. The van der Waals surface area contributed by atoms with E-state index in [1.165, 1.54) is 18.5 Å². The van der Waals surface area contributed by atoms with Gasteiger partial charge in [-0.1, -0.05) is 20.3 Å². The molecule has 1 aromatic carbocycles. The second-order valence-electron chi connectivity index (χ2n) is 7.31. The maximum Gasteiger partial charge on any atom is 0.223 e. The van der Waals surface area contributed by atoms with Crippen LogP contribution in [0.2, 0.25) is 0 Å². The van der Waals surface area contributed by atoms with Crippen molar-refractivity contribution >= 4 is 23.2 Å². The van der Waals surface area contributed by atoms with Gasteiger partial charge in [-0.3, -0.25) is 9.59 Å². The average Bonchev–Trinajstić information content (AvgIpc) is 2.64. The Labute approximate surface area is 157 Å². The quantitative estimate of drug-likeness (QED) is 0.772.